The molecule has 2 atom stereocenters. The molecule has 0 bridgehead atoms. The first kappa shape index (κ1) is 33.8. The van der Waals surface area contributed by atoms with Crippen molar-refractivity contribution < 1.29 is 38.0 Å². The summed E-state index contributed by atoms with van der Waals surface area (Å²) < 4.78 is 35.8. The van der Waals surface area contributed by atoms with Crippen LogP contribution in [0.4, 0.5) is 0 Å². The Morgan fingerprint density at radius 1 is 0.575 bits per heavy atom. The minimum Gasteiger partial charge on any atom is -0.541 e. The lowest BCUT2D eigenvalue weighted by Gasteiger charge is -2.41. The molecule has 0 aromatic heterocycles. The number of hydrogen-bond acceptors (Lipinski definition) is 8. The van der Waals surface area contributed by atoms with Crippen LogP contribution in [0.15, 0.2) is 24.3 Å². The van der Waals surface area contributed by atoms with Crippen LogP contribution >= 0.6 is 0 Å². The van der Waals surface area contributed by atoms with Gasteiger partial charge in [-0.3, -0.25) is 0 Å². The molecule has 0 amide bonds. The summed E-state index contributed by atoms with van der Waals surface area (Å²) in [7, 11) is 1.30. The quantitative estimate of drug-likeness (QED) is 0.263. The molecule has 0 aliphatic carbocycles. The number of hydrogen-bond donors (Lipinski definition) is 2. The van der Waals surface area contributed by atoms with Gasteiger partial charge in [-0.2, -0.15) is 0 Å². The number of methoxy groups -OCH3 is 4. The maximum atomic E-state index is 11.7. The lowest BCUT2D eigenvalue weighted by atomic mass is 9.96. The molecule has 2 N–H and O–H groups in total. The average Bonchev–Trinajstić information content (AvgIpc) is 2.86. The zero-order chi connectivity index (χ0) is 30.8. The molecule has 10 heteroatoms. The molecule has 0 saturated carbocycles. The average molecular weight is 595 g/mol. The fourth-order valence-corrected chi connectivity index (χ4v) is 5.63. The molecule has 0 saturated heterocycles. The highest BCUT2D eigenvalue weighted by Crippen LogP contribution is 2.51. The number of aliphatic hydroxyl groups is 2. The molecule has 0 unspecified atom stereocenters. The van der Waals surface area contributed by atoms with E-state index in [4.69, 9.17) is 27.8 Å². The third kappa shape index (κ3) is 6.90. The normalized spacial score (nSPS) is 14.3. The maximum absolute atomic E-state index is 11.7. The zero-order valence-corrected chi connectivity index (χ0v) is 28.8. The maximum Gasteiger partial charge on any atom is 0.250 e. The Hall–Kier alpha value is -2.41. The van der Waals surface area contributed by atoms with Crippen LogP contribution in [-0.2, 0) is 0 Å². The van der Waals surface area contributed by atoms with Crippen LogP contribution in [0.2, 0.25) is 36.3 Å². The van der Waals surface area contributed by atoms with Gasteiger partial charge in [-0.05, 0) is 66.1 Å². The summed E-state index contributed by atoms with van der Waals surface area (Å²) in [5.41, 5.74) is 0.795. The molecular weight excluding hydrogens is 544 g/mol. The lowest BCUT2D eigenvalue weighted by Crippen LogP contribution is -2.46. The van der Waals surface area contributed by atoms with Crippen LogP contribution in [0.1, 0.15) is 64.9 Å². The van der Waals surface area contributed by atoms with Crippen molar-refractivity contribution in [2.75, 3.05) is 28.4 Å². The van der Waals surface area contributed by atoms with Gasteiger partial charge < -0.3 is 38.0 Å². The number of aliphatic hydroxyl groups excluding tert-OH is 2. The molecule has 0 spiro atoms. The molecule has 2 aromatic rings. The van der Waals surface area contributed by atoms with Crippen LogP contribution in [0.3, 0.4) is 0 Å². The molecule has 40 heavy (non-hydrogen) atoms. The van der Waals surface area contributed by atoms with E-state index in [1.807, 2.05) is 0 Å². The molecular formula is C30H50O8Si2. The van der Waals surface area contributed by atoms with Crippen molar-refractivity contribution in [2.45, 2.75) is 90.0 Å². The molecule has 0 aliphatic rings. The van der Waals surface area contributed by atoms with Crippen LogP contribution in [0, 0.1) is 0 Å². The van der Waals surface area contributed by atoms with Crippen LogP contribution < -0.4 is 27.8 Å². The molecule has 8 nitrogen and oxygen atoms in total. The van der Waals surface area contributed by atoms with E-state index in [2.05, 4.69) is 67.7 Å². The van der Waals surface area contributed by atoms with E-state index < -0.39 is 28.8 Å². The predicted octanol–water partition coefficient (Wildman–Crippen LogP) is 7.26. The summed E-state index contributed by atoms with van der Waals surface area (Å²) in [4.78, 5) is 0. The summed E-state index contributed by atoms with van der Waals surface area (Å²) in [6.45, 7) is 21.5. The Bertz CT molecular complexity index is 1140. The van der Waals surface area contributed by atoms with Gasteiger partial charge in [0.1, 0.15) is 12.2 Å². The third-order valence-corrected chi connectivity index (χ3v) is 17.0. The van der Waals surface area contributed by atoms with E-state index in [0.717, 1.165) is 0 Å². The predicted molar refractivity (Wildman–Crippen MR) is 165 cm³/mol. The Morgan fingerprint density at radius 2 is 1.00 bits per heavy atom. The highest BCUT2D eigenvalue weighted by Gasteiger charge is 2.44. The van der Waals surface area contributed by atoms with Gasteiger partial charge in [0.25, 0.3) is 16.6 Å². The monoisotopic (exact) mass is 594 g/mol. The zero-order valence-electron chi connectivity index (χ0n) is 26.8. The van der Waals surface area contributed by atoms with E-state index in [1.165, 1.54) is 21.3 Å². The van der Waals surface area contributed by atoms with E-state index >= 15 is 0 Å². The third-order valence-electron chi connectivity index (χ3n) is 8.30. The Labute approximate surface area is 242 Å². The van der Waals surface area contributed by atoms with Crippen molar-refractivity contribution in [2.24, 2.45) is 0 Å². The largest absolute Gasteiger partial charge is 0.541 e. The fraction of sp³-hybridized carbons (Fsp3) is 0.600. The van der Waals surface area contributed by atoms with E-state index in [0.29, 0.717) is 45.6 Å². The van der Waals surface area contributed by atoms with Crippen LogP contribution in [0.25, 0.3) is 0 Å². The lowest BCUT2D eigenvalue weighted by molar-refractivity contribution is 0.0158. The standard InChI is InChI=1S/C30H50O8Si2/c1-29(2,3)39(11,12)37-26-20(15-16-21(33-7)28(26)38-40(13,14)30(4,5)6)25(32)24(31)19-17-22(34-8)27(36-10)23(18-19)35-9/h15-18,24-25,31-32H,1-14H3/t24-,25-/m1/s1. The van der Waals surface area contributed by atoms with Crippen molar-refractivity contribution in [3.8, 4) is 34.5 Å². The van der Waals surface area contributed by atoms with Crippen LogP contribution in [0.5, 0.6) is 34.5 Å². The van der Waals surface area contributed by atoms with Crippen LogP contribution in [-0.4, -0.2) is 55.3 Å². The summed E-state index contributed by atoms with van der Waals surface area (Å²) in [6, 6.07) is 6.73. The van der Waals surface area contributed by atoms with Gasteiger partial charge >= 0.3 is 0 Å². The van der Waals surface area contributed by atoms with Crippen molar-refractivity contribution in [1.82, 2.24) is 0 Å². The van der Waals surface area contributed by atoms with Crippen molar-refractivity contribution >= 4 is 16.6 Å². The fourth-order valence-electron chi connectivity index (χ4n) is 3.60. The van der Waals surface area contributed by atoms with Gasteiger partial charge in [0.05, 0.1) is 28.4 Å². The van der Waals surface area contributed by atoms with Gasteiger partial charge in [0.2, 0.25) is 5.75 Å². The topological polar surface area (TPSA) is 95.8 Å². The van der Waals surface area contributed by atoms with Crippen molar-refractivity contribution in [3.63, 3.8) is 0 Å². The Morgan fingerprint density at radius 3 is 1.38 bits per heavy atom. The molecule has 226 valence electrons. The second kappa shape index (κ2) is 12.2. The Balaban J connectivity index is 2.81. The van der Waals surface area contributed by atoms with E-state index in [-0.39, 0.29) is 10.1 Å². The molecule has 0 fully saturated rings. The van der Waals surface area contributed by atoms with Gasteiger partial charge in [-0.25, -0.2) is 0 Å². The Kier molecular flexibility index (Phi) is 10.3. The molecule has 0 radical (unpaired) electrons. The highest BCUT2D eigenvalue weighted by atomic mass is 28.4. The summed E-state index contributed by atoms with van der Waals surface area (Å²) >= 11 is 0. The second-order valence-electron chi connectivity index (χ2n) is 13.1. The first-order chi connectivity index (χ1) is 18.3. The van der Waals surface area contributed by atoms with Crippen molar-refractivity contribution in [3.05, 3.63) is 35.4 Å². The first-order valence-electron chi connectivity index (χ1n) is 13.5. The smallest absolute Gasteiger partial charge is 0.250 e. The number of ether oxygens (including phenoxy) is 4. The summed E-state index contributed by atoms with van der Waals surface area (Å²) in [5, 5.41) is 23.0. The van der Waals surface area contributed by atoms with Crippen molar-refractivity contribution in [1.29, 1.82) is 0 Å². The minimum absolute atomic E-state index is 0.101. The first-order valence-corrected chi connectivity index (χ1v) is 19.3. The van der Waals surface area contributed by atoms with Gasteiger partial charge in [0.15, 0.2) is 28.7 Å². The number of benzene rings is 2. The second-order valence-corrected chi connectivity index (χ2v) is 22.5. The SMILES string of the molecule is COc1cc([C@@H](O)[C@H](O)c2ccc(OC)c(O[Si](C)(C)C(C)(C)C)c2O[Si](C)(C)C(C)(C)C)cc(OC)c1OC. The van der Waals surface area contributed by atoms with Gasteiger partial charge in [-0.1, -0.05) is 41.5 Å². The van der Waals surface area contributed by atoms with Gasteiger partial charge in [0, 0.05) is 5.56 Å². The molecule has 0 heterocycles. The van der Waals surface area contributed by atoms with Gasteiger partial charge in [-0.15, -0.1) is 0 Å². The summed E-state index contributed by atoms with van der Waals surface area (Å²) in [5.74, 6) is 2.50. The number of rotatable bonds is 11. The highest BCUT2D eigenvalue weighted by molar-refractivity contribution is 6.75. The molecule has 2 rings (SSSR count). The minimum atomic E-state index is -2.44. The van der Waals surface area contributed by atoms with E-state index in [9.17, 15) is 10.2 Å². The molecule has 0 aliphatic heterocycles. The van der Waals surface area contributed by atoms with E-state index in [1.54, 1.807) is 31.4 Å². The molecule has 2 aromatic carbocycles. The summed E-state index contributed by atoms with van der Waals surface area (Å²) in [6.07, 6.45) is -2.71.